The van der Waals surface area contributed by atoms with Crippen molar-refractivity contribution >= 4 is 17.0 Å². The van der Waals surface area contributed by atoms with Gasteiger partial charge in [-0.2, -0.15) is 5.10 Å². The van der Waals surface area contributed by atoms with Gasteiger partial charge in [0.25, 0.3) is 0 Å². The van der Waals surface area contributed by atoms with Crippen LogP contribution in [0.1, 0.15) is 53.3 Å². The second-order valence-electron chi connectivity index (χ2n) is 8.12. The first kappa shape index (κ1) is 22.2. The van der Waals surface area contributed by atoms with Crippen LogP contribution in [0.25, 0.3) is 11.0 Å². The van der Waals surface area contributed by atoms with E-state index in [0.717, 1.165) is 25.7 Å². The number of pyridine rings is 1. The molecule has 4 rings (SSSR count). The summed E-state index contributed by atoms with van der Waals surface area (Å²) < 4.78 is 27.8. The Labute approximate surface area is 184 Å². The number of aliphatic hydroxyl groups excluding tert-OH is 1. The molecular weight excluding hydrogens is 417 g/mol. The maximum absolute atomic E-state index is 14.8. The third-order valence-electron chi connectivity index (χ3n) is 5.90. The quantitative estimate of drug-likeness (QED) is 0.547. The van der Waals surface area contributed by atoms with Gasteiger partial charge in [-0.1, -0.05) is 12.8 Å². The molecule has 1 saturated carbocycles. The fourth-order valence-corrected chi connectivity index (χ4v) is 4.22. The Morgan fingerprint density at radius 3 is 2.78 bits per heavy atom. The molecule has 0 bridgehead atoms. The lowest BCUT2D eigenvalue weighted by Gasteiger charge is -2.27. The molecule has 1 fully saturated rings. The second kappa shape index (κ2) is 9.22. The summed E-state index contributed by atoms with van der Waals surface area (Å²) in [4.78, 5) is 15.7. The van der Waals surface area contributed by atoms with E-state index in [-0.39, 0.29) is 29.3 Å². The van der Waals surface area contributed by atoms with Gasteiger partial charge in [0.15, 0.2) is 0 Å². The molecule has 2 N–H and O–H groups in total. The highest BCUT2D eigenvalue weighted by molar-refractivity contribution is 6.00. The molecule has 2 atom stereocenters. The van der Waals surface area contributed by atoms with E-state index in [0.29, 0.717) is 16.8 Å². The summed E-state index contributed by atoms with van der Waals surface area (Å²) in [6, 6.07) is 4.20. The molecule has 32 heavy (non-hydrogen) atoms. The van der Waals surface area contributed by atoms with E-state index in [1.165, 1.54) is 36.2 Å². The van der Waals surface area contributed by atoms with Gasteiger partial charge in [0.05, 0.1) is 31.5 Å². The predicted octanol–water partition coefficient (Wildman–Crippen LogP) is 3.65. The van der Waals surface area contributed by atoms with Crippen molar-refractivity contribution in [3.63, 3.8) is 0 Å². The average Bonchev–Trinajstić information content (AvgIpc) is 3.41. The highest BCUT2D eigenvalue weighted by Gasteiger charge is 2.30. The summed E-state index contributed by atoms with van der Waals surface area (Å²) in [6.45, 7) is 1.83. The zero-order chi connectivity index (χ0) is 22.8. The van der Waals surface area contributed by atoms with E-state index < -0.39 is 24.0 Å². The Bertz CT molecular complexity index is 1130. The van der Waals surface area contributed by atoms with Crippen LogP contribution in [0.4, 0.5) is 4.39 Å². The predicted molar refractivity (Wildman–Crippen MR) is 114 cm³/mol. The molecule has 1 aliphatic carbocycles. The summed E-state index contributed by atoms with van der Waals surface area (Å²) in [6.07, 6.45) is 4.71. The molecule has 0 saturated heterocycles. The van der Waals surface area contributed by atoms with Gasteiger partial charge in [-0.3, -0.25) is 9.67 Å². The topological polar surface area (TPSA) is 107 Å². The molecule has 3 aromatic rings. The Morgan fingerprint density at radius 1 is 1.34 bits per heavy atom. The number of hydrogen-bond donors (Lipinski definition) is 2. The van der Waals surface area contributed by atoms with Gasteiger partial charge in [0, 0.05) is 11.8 Å². The first-order valence-corrected chi connectivity index (χ1v) is 10.6. The molecule has 0 radical (unpaired) electrons. The largest absolute Gasteiger partial charge is 0.496 e. The minimum Gasteiger partial charge on any atom is -0.496 e. The molecule has 2 heterocycles. The summed E-state index contributed by atoms with van der Waals surface area (Å²) in [7, 11) is 1.49. The van der Waals surface area contributed by atoms with Crippen LogP contribution in [0.2, 0.25) is 0 Å². The van der Waals surface area contributed by atoms with Gasteiger partial charge in [-0.25, -0.2) is 9.18 Å². The van der Waals surface area contributed by atoms with E-state index in [1.807, 2.05) is 0 Å². The number of aromatic nitrogens is 3. The first-order chi connectivity index (χ1) is 15.4. The number of hydrogen-bond acceptors (Lipinski definition) is 6. The van der Waals surface area contributed by atoms with Crippen molar-refractivity contribution in [2.24, 2.45) is 0 Å². The summed E-state index contributed by atoms with van der Waals surface area (Å²) in [5.41, 5.74) is 1.41. The fraction of sp³-hybridized carbons (Fsp3) is 0.435. The van der Waals surface area contributed by atoms with Crippen LogP contribution in [0.15, 0.2) is 30.6 Å². The lowest BCUT2D eigenvalue weighted by atomic mass is 10.0. The van der Waals surface area contributed by atoms with Crippen LogP contribution < -0.4 is 4.74 Å². The minimum atomic E-state index is -1.27. The zero-order valence-electron chi connectivity index (χ0n) is 18.0. The third-order valence-corrected chi connectivity index (χ3v) is 5.90. The Kier molecular flexibility index (Phi) is 6.38. The molecule has 0 spiro atoms. The number of aromatic carboxylic acids is 1. The minimum absolute atomic E-state index is 0.0388. The van der Waals surface area contributed by atoms with E-state index in [2.05, 4.69) is 10.1 Å². The second-order valence-corrected chi connectivity index (χ2v) is 8.12. The monoisotopic (exact) mass is 443 g/mol. The number of halogens is 1. The number of benzene rings is 1. The van der Waals surface area contributed by atoms with Gasteiger partial charge < -0.3 is 19.7 Å². The van der Waals surface area contributed by atoms with Crippen LogP contribution in [0.3, 0.4) is 0 Å². The Hall–Kier alpha value is -3.04. The highest BCUT2D eigenvalue weighted by Crippen LogP contribution is 2.32. The number of methoxy groups -OCH3 is 1. The standard InChI is InChI=1S/C23H26FN3O5/c1-13-9-17(24)16(10-19(13)31-2)22(28)20(32-14-5-3-4-6-14)12-27-11-18-21(26-27)15(23(29)30)7-8-25-18/h7-11,14,20,22,28H,3-6,12H2,1-2H3,(H,29,30)/t20-,22+/m0/s1. The summed E-state index contributed by atoms with van der Waals surface area (Å²) in [5, 5.41) is 24.9. The Morgan fingerprint density at radius 2 is 2.09 bits per heavy atom. The normalized spacial score (nSPS) is 16.4. The molecule has 1 aromatic carbocycles. The van der Waals surface area contributed by atoms with Crippen molar-refractivity contribution in [1.82, 2.24) is 14.8 Å². The van der Waals surface area contributed by atoms with Crippen molar-refractivity contribution < 1.29 is 28.9 Å². The first-order valence-electron chi connectivity index (χ1n) is 10.6. The van der Waals surface area contributed by atoms with E-state index in [1.54, 1.807) is 13.1 Å². The number of carboxylic acid groups (broad SMARTS) is 1. The van der Waals surface area contributed by atoms with Crippen molar-refractivity contribution in [2.75, 3.05) is 7.11 Å². The molecule has 8 nitrogen and oxygen atoms in total. The van der Waals surface area contributed by atoms with Crippen LogP contribution in [-0.4, -0.2) is 50.3 Å². The van der Waals surface area contributed by atoms with Gasteiger partial charge >= 0.3 is 5.97 Å². The number of ether oxygens (including phenoxy) is 2. The van der Waals surface area contributed by atoms with E-state index >= 15 is 0 Å². The average molecular weight is 443 g/mol. The lowest BCUT2D eigenvalue weighted by molar-refractivity contribution is -0.0854. The van der Waals surface area contributed by atoms with Crippen molar-refractivity contribution in [3.05, 3.63) is 53.1 Å². The van der Waals surface area contributed by atoms with E-state index in [9.17, 15) is 19.4 Å². The molecule has 9 heteroatoms. The molecule has 0 aliphatic heterocycles. The number of aliphatic hydroxyl groups is 1. The van der Waals surface area contributed by atoms with Crippen molar-refractivity contribution in [1.29, 1.82) is 0 Å². The SMILES string of the molecule is COc1cc([C@@H](O)[C@H](Cn2cc3nccc(C(=O)O)c3n2)OC2CCCC2)c(F)cc1C. The van der Waals surface area contributed by atoms with Crippen molar-refractivity contribution in [3.8, 4) is 5.75 Å². The van der Waals surface area contributed by atoms with Crippen LogP contribution in [0, 0.1) is 12.7 Å². The van der Waals surface area contributed by atoms with Crippen LogP contribution >= 0.6 is 0 Å². The smallest absolute Gasteiger partial charge is 0.338 e. The molecule has 0 amide bonds. The molecule has 170 valence electrons. The number of fused-ring (bicyclic) bond motifs is 1. The fourth-order valence-electron chi connectivity index (χ4n) is 4.22. The number of aryl methyl sites for hydroxylation is 1. The number of nitrogens with zero attached hydrogens (tertiary/aromatic N) is 3. The zero-order valence-corrected chi connectivity index (χ0v) is 18.0. The number of carbonyl (C=O) groups is 1. The maximum atomic E-state index is 14.8. The van der Waals surface area contributed by atoms with Gasteiger partial charge in [0.1, 0.15) is 34.8 Å². The van der Waals surface area contributed by atoms with Crippen LogP contribution in [0.5, 0.6) is 5.75 Å². The van der Waals surface area contributed by atoms with Gasteiger partial charge in [-0.15, -0.1) is 0 Å². The highest BCUT2D eigenvalue weighted by atomic mass is 19.1. The third kappa shape index (κ3) is 4.44. The van der Waals surface area contributed by atoms with Crippen LogP contribution in [-0.2, 0) is 11.3 Å². The molecule has 2 aromatic heterocycles. The number of carboxylic acids is 1. The molecule has 0 unspecified atom stereocenters. The Balaban J connectivity index is 1.67. The summed E-state index contributed by atoms with van der Waals surface area (Å²) >= 11 is 0. The lowest BCUT2D eigenvalue weighted by Crippen LogP contribution is -2.32. The van der Waals surface area contributed by atoms with E-state index in [4.69, 9.17) is 9.47 Å². The van der Waals surface area contributed by atoms with Gasteiger partial charge in [-0.05, 0) is 43.5 Å². The molecular formula is C23H26FN3O5. The summed E-state index contributed by atoms with van der Waals surface area (Å²) in [5.74, 6) is -1.17. The maximum Gasteiger partial charge on any atom is 0.338 e. The van der Waals surface area contributed by atoms with Crippen molar-refractivity contribution in [2.45, 2.75) is 57.5 Å². The molecule has 1 aliphatic rings. The van der Waals surface area contributed by atoms with Gasteiger partial charge in [0.2, 0.25) is 0 Å². The number of rotatable bonds is 8.